The molecule has 6 nitrogen and oxygen atoms in total. The van der Waals surface area contributed by atoms with Crippen LogP contribution in [-0.2, 0) is 15.0 Å². The van der Waals surface area contributed by atoms with Gasteiger partial charge in [-0.2, -0.15) is 5.10 Å². The summed E-state index contributed by atoms with van der Waals surface area (Å²) < 4.78 is 0. The van der Waals surface area contributed by atoms with Crippen molar-refractivity contribution in [2.24, 2.45) is 16.9 Å². The van der Waals surface area contributed by atoms with Crippen LogP contribution in [0.3, 0.4) is 0 Å². The number of anilines is 1. The van der Waals surface area contributed by atoms with Gasteiger partial charge in [0.2, 0.25) is 11.8 Å². The first-order valence-corrected chi connectivity index (χ1v) is 14.0. The zero-order chi connectivity index (χ0) is 28.5. The van der Waals surface area contributed by atoms with Gasteiger partial charge < -0.3 is 0 Å². The number of amides is 3. The third kappa shape index (κ3) is 3.64. The number of carbonyl (C=O) groups is 3. The van der Waals surface area contributed by atoms with Crippen LogP contribution in [0.2, 0.25) is 10.0 Å². The van der Waals surface area contributed by atoms with Gasteiger partial charge in [-0.25, -0.2) is 10.3 Å². The molecule has 4 aromatic carbocycles. The van der Waals surface area contributed by atoms with Gasteiger partial charge in [-0.1, -0.05) is 89.4 Å². The Kier molecular flexibility index (Phi) is 5.89. The van der Waals surface area contributed by atoms with Crippen LogP contribution in [0.25, 0.3) is 0 Å². The summed E-state index contributed by atoms with van der Waals surface area (Å²) >= 11 is 12.7. The van der Waals surface area contributed by atoms with Crippen molar-refractivity contribution >= 4 is 52.8 Å². The number of hydrazone groups is 1. The first kappa shape index (κ1) is 25.7. The summed E-state index contributed by atoms with van der Waals surface area (Å²) in [5.41, 5.74) is 7.00. The molecule has 1 saturated heterocycles. The van der Waals surface area contributed by atoms with Crippen LogP contribution < -0.4 is 10.3 Å². The molecule has 8 rings (SSSR count). The molecule has 0 aromatic heterocycles. The molecule has 0 saturated carbocycles. The van der Waals surface area contributed by atoms with E-state index in [0.717, 1.165) is 27.8 Å². The van der Waals surface area contributed by atoms with Gasteiger partial charge in [-0.3, -0.25) is 14.4 Å². The van der Waals surface area contributed by atoms with Gasteiger partial charge in [-0.05, 0) is 59.5 Å². The molecule has 8 heteroatoms. The lowest BCUT2D eigenvalue weighted by atomic mass is 9.47. The highest BCUT2D eigenvalue weighted by molar-refractivity contribution is 6.38. The lowest BCUT2D eigenvalue weighted by molar-refractivity contribution is -0.122. The number of hydrogen-bond donors (Lipinski definition) is 1. The molecule has 41 heavy (non-hydrogen) atoms. The topological polar surface area (TPSA) is 78.8 Å². The molecule has 1 aliphatic heterocycles. The van der Waals surface area contributed by atoms with E-state index >= 15 is 0 Å². The molecule has 2 atom stereocenters. The first-order valence-electron chi connectivity index (χ1n) is 13.3. The van der Waals surface area contributed by atoms with E-state index in [2.05, 4.69) is 10.5 Å². The summed E-state index contributed by atoms with van der Waals surface area (Å²) in [6.45, 7) is 1.91. The van der Waals surface area contributed by atoms with E-state index < -0.39 is 17.3 Å². The summed E-state index contributed by atoms with van der Waals surface area (Å²) in [7, 11) is 0. The van der Waals surface area contributed by atoms with Crippen molar-refractivity contribution < 1.29 is 14.4 Å². The highest BCUT2D eigenvalue weighted by atomic mass is 35.5. The van der Waals surface area contributed by atoms with E-state index in [1.165, 1.54) is 11.0 Å². The fraction of sp³-hybridized carbons (Fsp3) is 0.152. The van der Waals surface area contributed by atoms with Gasteiger partial charge >= 0.3 is 0 Å². The van der Waals surface area contributed by atoms with Crippen molar-refractivity contribution in [3.05, 3.63) is 134 Å². The van der Waals surface area contributed by atoms with Crippen molar-refractivity contribution in [1.29, 1.82) is 0 Å². The van der Waals surface area contributed by atoms with Crippen LogP contribution in [0, 0.1) is 18.8 Å². The predicted molar refractivity (Wildman–Crippen MR) is 159 cm³/mol. The Morgan fingerprint density at radius 1 is 0.878 bits per heavy atom. The summed E-state index contributed by atoms with van der Waals surface area (Å²) in [5.74, 6) is -2.85. The predicted octanol–water partition coefficient (Wildman–Crippen LogP) is 6.27. The number of nitrogens with one attached hydrogen (secondary N) is 1. The van der Waals surface area contributed by atoms with E-state index in [1.807, 2.05) is 67.6 Å². The monoisotopic (exact) mass is 579 g/mol. The zero-order valence-electron chi connectivity index (χ0n) is 21.8. The minimum atomic E-state index is -1.10. The van der Waals surface area contributed by atoms with E-state index in [0.29, 0.717) is 16.3 Å². The Bertz CT molecular complexity index is 1770. The van der Waals surface area contributed by atoms with Crippen LogP contribution in [-0.4, -0.2) is 23.9 Å². The van der Waals surface area contributed by atoms with Crippen LogP contribution in [0.1, 0.15) is 44.1 Å². The van der Waals surface area contributed by atoms with Gasteiger partial charge in [0.1, 0.15) is 0 Å². The van der Waals surface area contributed by atoms with Gasteiger partial charge in [-0.15, -0.1) is 0 Å². The number of aryl methyl sites for hydroxylation is 1. The Hall–Kier alpha value is -4.26. The Morgan fingerprint density at radius 3 is 2.22 bits per heavy atom. The number of benzene rings is 4. The molecule has 4 aromatic rings. The Labute approximate surface area is 246 Å². The molecular formula is C33H23Cl2N3O3. The van der Waals surface area contributed by atoms with Crippen LogP contribution in [0.15, 0.2) is 96.1 Å². The second kappa shape index (κ2) is 9.40. The third-order valence-electron chi connectivity index (χ3n) is 8.55. The molecular weight excluding hydrogens is 557 g/mol. The maximum Gasteiger partial charge on any atom is 0.271 e. The summed E-state index contributed by atoms with van der Waals surface area (Å²) in [5, 5.41) is 5.08. The quantitative estimate of drug-likeness (QED) is 0.176. The molecule has 3 aliphatic carbocycles. The fourth-order valence-corrected chi connectivity index (χ4v) is 7.49. The minimum absolute atomic E-state index is 0.216. The molecule has 0 spiro atoms. The van der Waals surface area contributed by atoms with E-state index in [1.54, 1.807) is 30.5 Å². The van der Waals surface area contributed by atoms with Crippen LogP contribution >= 0.6 is 23.2 Å². The minimum Gasteiger partial charge on any atom is -0.274 e. The lowest BCUT2D eigenvalue weighted by Crippen LogP contribution is -2.54. The summed E-state index contributed by atoms with van der Waals surface area (Å²) in [6, 6.07) is 27.7. The van der Waals surface area contributed by atoms with Crippen LogP contribution in [0.5, 0.6) is 0 Å². The maximum absolute atomic E-state index is 14.4. The standard InChI is InChI=1S/C33H23Cl2N3O3/c1-18-7-6-8-19(15-18)30(39)37-36-17-33-23-11-4-2-9-21(23)27(22-10-3-5-12-24(22)33)28-29(33)32(41)38(31(28)40)26-14-13-20(34)16-25(26)35/h2-17,27-29H,1H3,(H,37,39)/b36-17+/t27?,28-,29+,33?/m1/s1. The number of halogens is 2. The van der Waals surface area contributed by atoms with Crippen LogP contribution in [0.4, 0.5) is 5.69 Å². The number of nitrogens with zero attached hydrogens (tertiary/aromatic N) is 2. The zero-order valence-corrected chi connectivity index (χ0v) is 23.4. The molecule has 1 heterocycles. The Balaban J connectivity index is 1.41. The van der Waals surface area contributed by atoms with Crippen molar-refractivity contribution in [2.45, 2.75) is 18.3 Å². The molecule has 1 fully saturated rings. The van der Waals surface area contributed by atoms with Gasteiger partial charge in [0.15, 0.2) is 0 Å². The van der Waals surface area contributed by atoms with Crippen molar-refractivity contribution in [3.63, 3.8) is 0 Å². The fourth-order valence-electron chi connectivity index (χ4n) is 6.99. The number of imide groups is 1. The maximum atomic E-state index is 14.4. The van der Waals surface area contributed by atoms with Gasteiger partial charge in [0, 0.05) is 22.7 Å². The average Bonchev–Trinajstić information content (AvgIpc) is 3.24. The summed E-state index contributed by atoms with van der Waals surface area (Å²) in [4.78, 5) is 42.9. The van der Waals surface area contributed by atoms with Gasteiger partial charge in [0.05, 0.1) is 28.0 Å². The molecule has 1 N–H and O–H groups in total. The molecule has 2 bridgehead atoms. The highest BCUT2D eigenvalue weighted by Crippen LogP contribution is 2.63. The number of hydrogen-bond acceptors (Lipinski definition) is 4. The lowest BCUT2D eigenvalue weighted by Gasteiger charge is -2.52. The SMILES string of the molecule is Cc1cccc(C(=O)N/N=C/C23c4ccccc4C(c4ccccc42)[C@H]2C(=O)N(c4ccc(Cl)cc4Cl)C(=O)[C@H]23)c1. The van der Waals surface area contributed by atoms with E-state index in [4.69, 9.17) is 23.2 Å². The third-order valence-corrected chi connectivity index (χ3v) is 9.09. The number of rotatable bonds is 4. The summed E-state index contributed by atoms with van der Waals surface area (Å²) in [6.07, 6.45) is 1.64. The van der Waals surface area contributed by atoms with E-state index in [9.17, 15) is 14.4 Å². The first-order chi connectivity index (χ1) is 19.8. The normalized spacial score (nSPS) is 23.9. The molecule has 0 unspecified atom stereocenters. The number of carbonyl (C=O) groups excluding carboxylic acids is 3. The highest BCUT2D eigenvalue weighted by Gasteiger charge is 2.68. The molecule has 0 radical (unpaired) electrons. The smallest absolute Gasteiger partial charge is 0.271 e. The molecule has 202 valence electrons. The van der Waals surface area contributed by atoms with Crippen molar-refractivity contribution in [1.82, 2.24) is 5.43 Å². The largest absolute Gasteiger partial charge is 0.274 e. The molecule has 4 aliphatic rings. The Morgan fingerprint density at radius 2 is 1.56 bits per heavy atom. The average molecular weight is 580 g/mol. The van der Waals surface area contributed by atoms with E-state index in [-0.39, 0.29) is 28.7 Å². The van der Waals surface area contributed by atoms with Crippen molar-refractivity contribution in [3.8, 4) is 0 Å². The second-order valence-corrected chi connectivity index (χ2v) is 11.5. The van der Waals surface area contributed by atoms with Crippen molar-refractivity contribution in [2.75, 3.05) is 4.90 Å². The molecule has 3 amide bonds. The van der Waals surface area contributed by atoms with Gasteiger partial charge in [0.25, 0.3) is 5.91 Å². The second-order valence-electron chi connectivity index (χ2n) is 10.7.